The highest BCUT2D eigenvalue weighted by Gasteiger charge is 2.20. The Morgan fingerprint density at radius 2 is 2.08 bits per heavy atom. The van der Waals surface area contributed by atoms with Crippen molar-refractivity contribution < 1.29 is 23.1 Å². The van der Waals surface area contributed by atoms with Crippen LogP contribution >= 0.6 is 0 Å². The highest BCUT2D eigenvalue weighted by atomic mass is 16.6. The Hall–Kier alpha value is -3.02. The first-order valence-electron chi connectivity index (χ1n) is 7.50. The van der Waals surface area contributed by atoms with Crippen molar-refractivity contribution in [3.63, 3.8) is 0 Å². The van der Waals surface area contributed by atoms with Gasteiger partial charge in [-0.15, -0.1) is 0 Å². The molecule has 6 heteroatoms. The van der Waals surface area contributed by atoms with E-state index < -0.39 is 5.97 Å². The van der Waals surface area contributed by atoms with Crippen molar-refractivity contribution in [2.24, 2.45) is 0 Å². The maximum Gasteiger partial charge on any atom is 0.344 e. The van der Waals surface area contributed by atoms with E-state index in [1.54, 1.807) is 37.3 Å². The van der Waals surface area contributed by atoms with E-state index in [-0.39, 0.29) is 30.2 Å². The first-order chi connectivity index (χ1) is 11.6. The average Bonchev–Trinajstić information content (AvgIpc) is 3.08. The van der Waals surface area contributed by atoms with Gasteiger partial charge in [0.2, 0.25) is 16.9 Å². The smallest absolute Gasteiger partial charge is 0.344 e. The van der Waals surface area contributed by atoms with Crippen LogP contribution < -0.4 is 10.2 Å². The molecule has 0 N–H and O–H groups in total. The summed E-state index contributed by atoms with van der Waals surface area (Å²) in [5.41, 5.74) is 1.01. The van der Waals surface area contributed by atoms with Crippen molar-refractivity contribution in [2.45, 2.75) is 13.8 Å². The summed E-state index contributed by atoms with van der Waals surface area (Å²) < 4.78 is 21.4. The number of aryl methyl sites for hydroxylation is 1. The summed E-state index contributed by atoms with van der Waals surface area (Å²) in [4.78, 5) is 24.3. The number of rotatable bonds is 5. The van der Waals surface area contributed by atoms with Gasteiger partial charge in [-0.25, -0.2) is 4.79 Å². The summed E-state index contributed by atoms with van der Waals surface area (Å²) in [5.74, 6) is -0.151. The minimum atomic E-state index is -0.564. The van der Waals surface area contributed by atoms with Gasteiger partial charge in [-0.05, 0) is 43.7 Å². The fourth-order valence-corrected chi connectivity index (χ4v) is 2.32. The highest BCUT2D eigenvalue weighted by molar-refractivity contribution is 5.82. The molecule has 0 aliphatic carbocycles. The van der Waals surface area contributed by atoms with Crippen molar-refractivity contribution in [3.05, 3.63) is 52.4 Å². The van der Waals surface area contributed by atoms with E-state index in [0.717, 1.165) is 5.56 Å². The number of benzene rings is 1. The van der Waals surface area contributed by atoms with E-state index in [1.165, 1.54) is 6.26 Å². The summed E-state index contributed by atoms with van der Waals surface area (Å²) in [7, 11) is 0. The summed E-state index contributed by atoms with van der Waals surface area (Å²) in [6.07, 6.45) is 1.46. The molecule has 0 spiro atoms. The van der Waals surface area contributed by atoms with Crippen LogP contribution in [0.4, 0.5) is 0 Å². The second-order valence-electron chi connectivity index (χ2n) is 5.16. The van der Waals surface area contributed by atoms with Gasteiger partial charge in [-0.3, -0.25) is 4.79 Å². The fraction of sp³-hybridized carbons (Fsp3) is 0.222. The van der Waals surface area contributed by atoms with E-state index in [2.05, 4.69) is 0 Å². The van der Waals surface area contributed by atoms with Crippen molar-refractivity contribution in [1.82, 2.24) is 0 Å². The largest absolute Gasteiger partial charge is 0.474 e. The molecule has 2 heterocycles. The highest BCUT2D eigenvalue weighted by Crippen LogP contribution is 2.31. The van der Waals surface area contributed by atoms with Crippen molar-refractivity contribution >= 4 is 16.9 Å². The van der Waals surface area contributed by atoms with Crippen molar-refractivity contribution in [2.75, 3.05) is 13.2 Å². The Kier molecular flexibility index (Phi) is 4.37. The molecular formula is C18H16O6. The van der Waals surface area contributed by atoms with Crippen LogP contribution in [-0.4, -0.2) is 19.2 Å². The van der Waals surface area contributed by atoms with Crippen LogP contribution in [-0.2, 0) is 9.53 Å². The molecule has 0 aliphatic rings. The van der Waals surface area contributed by atoms with Gasteiger partial charge in [0, 0.05) is 0 Å². The van der Waals surface area contributed by atoms with E-state index in [4.69, 9.17) is 18.3 Å². The van der Waals surface area contributed by atoms with Crippen LogP contribution in [0.25, 0.3) is 22.5 Å². The molecule has 0 atom stereocenters. The molecule has 0 radical (unpaired) electrons. The van der Waals surface area contributed by atoms with Gasteiger partial charge in [0.05, 0.1) is 18.3 Å². The molecule has 0 unspecified atom stereocenters. The Bertz CT molecular complexity index is 921. The molecule has 2 aromatic heterocycles. The topological polar surface area (TPSA) is 78.9 Å². The number of hydrogen-bond donors (Lipinski definition) is 0. The average molecular weight is 328 g/mol. The van der Waals surface area contributed by atoms with Gasteiger partial charge in [0.15, 0.2) is 12.4 Å². The summed E-state index contributed by atoms with van der Waals surface area (Å²) in [5, 5.41) is 0.370. The SMILES string of the molecule is CCOC(=O)COc1c(-c2ccco2)oc2cc(C)ccc2c1=O. The molecule has 0 saturated carbocycles. The third kappa shape index (κ3) is 3.03. The maximum absolute atomic E-state index is 12.7. The minimum absolute atomic E-state index is 0.0747. The van der Waals surface area contributed by atoms with Gasteiger partial charge in [0.1, 0.15) is 5.58 Å². The minimum Gasteiger partial charge on any atom is -0.474 e. The lowest BCUT2D eigenvalue weighted by Gasteiger charge is -2.10. The number of carbonyl (C=O) groups excluding carboxylic acids is 1. The normalized spacial score (nSPS) is 10.8. The fourth-order valence-electron chi connectivity index (χ4n) is 2.32. The second-order valence-corrected chi connectivity index (χ2v) is 5.16. The molecule has 3 rings (SSSR count). The molecule has 0 bridgehead atoms. The van der Waals surface area contributed by atoms with Crippen molar-refractivity contribution in [1.29, 1.82) is 0 Å². The number of esters is 1. The molecule has 3 aromatic rings. The molecular weight excluding hydrogens is 312 g/mol. The molecule has 0 saturated heterocycles. The predicted octanol–water partition coefficient (Wildman–Crippen LogP) is 3.30. The zero-order valence-electron chi connectivity index (χ0n) is 13.3. The van der Waals surface area contributed by atoms with Gasteiger partial charge < -0.3 is 18.3 Å². The van der Waals surface area contributed by atoms with Crippen molar-refractivity contribution in [3.8, 4) is 17.3 Å². The van der Waals surface area contributed by atoms with Gasteiger partial charge in [-0.1, -0.05) is 6.07 Å². The predicted molar refractivity (Wildman–Crippen MR) is 87.1 cm³/mol. The number of fused-ring (bicyclic) bond motifs is 1. The van der Waals surface area contributed by atoms with E-state index in [1.807, 2.05) is 6.92 Å². The monoisotopic (exact) mass is 328 g/mol. The standard InChI is InChI=1S/C18H16O6/c1-3-21-15(19)10-23-18-16(20)12-7-6-11(2)9-14(12)24-17(18)13-5-4-8-22-13/h4-9H,3,10H2,1-2H3. The van der Waals surface area contributed by atoms with Crippen LogP contribution in [0.5, 0.6) is 5.75 Å². The lowest BCUT2D eigenvalue weighted by Crippen LogP contribution is -2.18. The van der Waals surface area contributed by atoms with Gasteiger partial charge >= 0.3 is 5.97 Å². The molecule has 0 aliphatic heterocycles. The van der Waals surface area contributed by atoms with Gasteiger partial charge in [-0.2, -0.15) is 0 Å². The molecule has 6 nitrogen and oxygen atoms in total. The van der Waals surface area contributed by atoms with Crippen LogP contribution in [0.2, 0.25) is 0 Å². The number of hydrogen-bond acceptors (Lipinski definition) is 6. The molecule has 124 valence electrons. The first kappa shape index (κ1) is 15.9. The van der Waals surface area contributed by atoms with E-state index >= 15 is 0 Å². The molecule has 0 fully saturated rings. The quantitative estimate of drug-likeness (QED) is 0.669. The third-order valence-corrected chi connectivity index (χ3v) is 3.39. The zero-order chi connectivity index (χ0) is 17.1. The lowest BCUT2D eigenvalue weighted by molar-refractivity contribution is -0.145. The number of carbonyl (C=O) groups is 1. The summed E-state index contributed by atoms with van der Waals surface area (Å²) in [6, 6.07) is 8.56. The van der Waals surface area contributed by atoms with Crippen LogP contribution in [0.15, 0.2) is 50.2 Å². The number of ether oxygens (including phenoxy) is 2. The third-order valence-electron chi connectivity index (χ3n) is 3.39. The Balaban J connectivity index is 2.12. The van der Waals surface area contributed by atoms with Crippen LogP contribution in [0.3, 0.4) is 0 Å². The first-order valence-corrected chi connectivity index (χ1v) is 7.50. The van der Waals surface area contributed by atoms with Gasteiger partial charge in [0.25, 0.3) is 0 Å². The van der Waals surface area contributed by atoms with E-state index in [9.17, 15) is 9.59 Å². The molecule has 24 heavy (non-hydrogen) atoms. The second kappa shape index (κ2) is 6.62. The van der Waals surface area contributed by atoms with E-state index in [0.29, 0.717) is 16.7 Å². The number of furan rings is 1. The molecule has 1 aromatic carbocycles. The Morgan fingerprint density at radius 3 is 2.79 bits per heavy atom. The molecule has 0 amide bonds. The lowest BCUT2D eigenvalue weighted by atomic mass is 10.1. The summed E-state index contributed by atoms with van der Waals surface area (Å²) in [6.45, 7) is 3.44. The summed E-state index contributed by atoms with van der Waals surface area (Å²) >= 11 is 0. The maximum atomic E-state index is 12.7. The van der Waals surface area contributed by atoms with Crippen LogP contribution in [0.1, 0.15) is 12.5 Å². The Morgan fingerprint density at radius 1 is 1.25 bits per heavy atom. The zero-order valence-corrected chi connectivity index (χ0v) is 13.3. The van der Waals surface area contributed by atoms with Crippen LogP contribution in [0, 0.1) is 6.92 Å². The Labute approximate surface area is 137 Å².